The summed E-state index contributed by atoms with van der Waals surface area (Å²) >= 11 is 11.3. The Morgan fingerprint density at radius 3 is 2.22 bits per heavy atom. The van der Waals surface area contributed by atoms with Crippen LogP contribution in [0.1, 0.15) is 5.56 Å². The van der Waals surface area contributed by atoms with E-state index in [2.05, 4.69) is 10.6 Å². The molecule has 0 saturated carbocycles. The Morgan fingerprint density at radius 2 is 1.61 bits per heavy atom. The van der Waals surface area contributed by atoms with E-state index in [1.807, 2.05) is 0 Å². The molecule has 0 aliphatic carbocycles. The molecule has 2 aromatic carbocycles. The highest BCUT2D eigenvalue weighted by molar-refractivity contribution is 6.31. The van der Waals surface area contributed by atoms with Gasteiger partial charge in [0.2, 0.25) is 5.91 Å². The van der Waals surface area contributed by atoms with Gasteiger partial charge in [-0.05, 0) is 42.5 Å². The smallest absolute Gasteiger partial charge is 0.376 e. The number of amides is 1. The Hall–Kier alpha value is -1.92. The highest BCUT2D eigenvalue weighted by atomic mass is 35.5. The zero-order valence-corrected chi connectivity index (χ0v) is 13.1. The number of carbonyl (C=O) groups excluding carboxylic acids is 1. The first-order chi connectivity index (χ1) is 10.8. The molecule has 0 heterocycles. The van der Waals surface area contributed by atoms with Gasteiger partial charge in [-0.3, -0.25) is 4.79 Å². The molecule has 0 spiro atoms. The zero-order valence-electron chi connectivity index (χ0n) is 11.5. The molecule has 0 atom stereocenters. The predicted octanol–water partition coefficient (Wildman–Crippen LogP) is 5.06. The molecule has 1 amide bonds. The number of hydrogen-bond donors (Lipinski definition) is 2. The number of carbonyl (C=O) groups is 1. The van der Waals surface area contributed by atoms with E-state index in [4.69, 9.17) is 23.2 Å². The molecule has 3 nitrogen and oxygen atoms in total. The van der Waals surface area contributed by atoms with E-state index in [-0.39, 0.29) is 12.2 Å². The van der Waals surface area contributed by atoms with Gasteiger partial charge >= 0.3 is 6.18 Å². The first-order valence-electron chi connectivity index (χ1n) is 6.42. The van der Waals surface area contributed by atoms with Gasteiger partial charge in [0, 0.05) is 16.4 Å². The molecular weight excluding hydrogens is 352 g/mol. The molecule has 0 aliphatic rings. The molecule has 0 aromatic heterocycles. The van der Waals surface area contributed by atoms with Crippen molar-refractivity contribution < 1.29 is 18.0 Å². The minimum atomic E-state index is -4.58. The fourth-order valence-corrected chi connectivity index (χ4v) is 2.13. The summed E-state index contributed by atoms with van der Waals surface area (Å²) in [7, 11) is 0. The Bertz CT molecular complexity index is 703. The van der Waals surface area contributed by atoms with Gasteiger partial charge in [-0.25, -0.2) is 0 Å². The average Bonchev–Trinajstić information content (AvgIpc) is 2.47. The minimum absolute atomic E-state index is 0.0182. The van der Waals surface area contributed by atoms with E-state index in [0.29, 0.717) is 10.7 Å². The van der Waals surface area contributed by atoms with Gasteiger partial charge in [-0.1, -0.05) is 23.2 Å². The summed E-state index contributed by atoms with van der Waals surface area (Å²) in [5.41, 5.74) is -0.316. The number of halogens is 5. The predicted molar refractivity (Wildman–Crippen MR) is 85.0 cm³/mol. The third kappa shape index (κ3) is 5.04. The van der Waals surface area contributed by atoms with Gasteiger partial charge < -0.3 is 10.6 Å². The minimum Gasteiger partial charge on any atom is -0.376 e. The van der Waals surface area contributed by atoms with Crippen LogP contribution in [0.2, 0.25) is 10.0 Å². The Kier molecular flexibility index (Phi) is 5.38. The second-order valence-corrected chi connectivity index (χ2v) is 5.44. The van der Waals surface area contributed by atoms with Crippen molar-refractivity contribution >= 4 is 40.5 Å². The average molecular weight is 363 g/mol. The normalized spacial score (nSPS) is 11.2. The summed E-state index contributed by atoms with van der Waals surface area (Å²) < 4.78 is 38.2. The van der Waals surface area contributed by atoms with Crippen molar-refractivity contribution in [3.05, 3.63) is 58.1 Å². The fraction of sp³-hybridized carbons (Fsp3) is 0.133. The number of nitrogens with one attached hydrogen (secondary N) is 2. The summed E-state index contributed by atoms with van der Waals surface area (Å²) in [6.07, 6.45) is -4.58. The van der Waals surface area contributed by atoms with Crippen molar-refractivity contribution in [1.82, 2.24) is 0 Å². The third-order valence-electron chi connectivity index (χ3n) is 2.85. The van der Waals surface area contributed by atoms with Gasteiger partial charge in [0.15, 0.2) is 0 Å². The van der Waals surface area contributed by atoms with Crippen molar-refractivity contribution in [2.75, 3.05) is 17.2 Å². The Morgan fingerprint density at radius 1 is 1.00 bits per heavy atom. The largest absolute Gasteiger partial charge is 0.417 e. The third-order valence-corrected chi connectivity index (χ3v) is 3.43. The van der Waals surface area contributed by atoms with Crippen molar-refractivity contribution in [2.24, 2.45) is 0 Å². The van der Waals surface area contributed by atoms with Crippen LogP contribution in [-0.2, 0) is 11.0 Å². The number of rotatable bonds is 4. The van der Waals surface area contributed by atoms with Gasteiger partial charge in [0.05, 0.1) is 17.1 Å². The molecule has 0 bridgehead atoms. The number of anilines is 2. The summed E-state index contributed by atoms with van der Waals surface area (Å²) in [5, 5.41) is 5.34. The van der Waals surface area contributed by atoms with Crippen LogP contribution in [-0.4, -0.2) is 12.5 Å². The highest BCUT2D eigenvalue weighted by Crippen LogP contribution is 2.36. The van der Waals surface area contributed by atoms with Crippen LogP contribution in [0.25, 0.3) is 0 Å². The first-order valence-corrected chi connectivity index (χ1v) is 7.17. The quantitative estimate of drug-likeness (QED) is 0.797. The van der Waals surface area contributed by atoms with Crippen LogP contribution < -0.4 is 10.6 Å². The molecule has 2 N–H and O–H groups in total. The zero-order chi connectivity index (χ0) is 17.0. The number of hydrogen-bond acceptors (Lipinski definition) is 2. The van der Waals surface area contributed by atoms with Crippen LogP contribution in [0.4, 0.5) is 24.5 Å². The summed E-state index contributed by atoms with van der Waals surface area (Å²) in [5.74, 6) is -0.490. The molecular formula is C15H11Cl2F3N2O. The van der Waals surface area contributed by atoms with Crippen LogP contribution in [0.3, 0.4) is 0 Å². The van der Waals surface area contributed by atoms with E-state index in [1.165, 1.54) is 6.07 Å². The van der Waals surface area contributed by atoms with Crippen LogP contribution in [0.15, 0.2) is 42.5 Å². The lowest BCUT2D eigenvalue weighted by molar-refractivity contribution is -0.137. The lowest BCUT2D eigenvalue weighted by Gasteiger charge is -2.12. The number of alkyl halides is 3. The van der Waals surface area contributed by atoms with Crippen molar-refractivity contribution in [1.29, 1.82) is 0 Å². The summed E-state index contributed by atoms with van der Waals surface area (Å²) in [6.45, 7) is -0.106. The second-order valence-electron chi connectivity index (χ2n) is 4.60. The van der Waals surface area contributed by atoms with Gasteiger partial charge in [-0.2, -0.15) is 13.2 Å². The molecule has 0 aliphatic heterocycles. The lowest BCUT2D eigenvalue weighted by atomic mass is 10.2. The van der Waals surface area contributed by atoms with E-state index >= 15 is 0 Å². The molecule has 0 fully saturated rings. The Balaban J connectivity index is 1.99. The molecule has 2 rings (SSSR count). The monoisotopic (exact) mass is 362 g/mol. The van der Waals surface area contributed by atoms with Crippen LogP contribution >= 0.6 is 23.2 Å². The SMILES string of the molecule is O=C(CNc1ccc(Cl)cc1)Nc1ccc(Cl)c(C(F)(F)F)c1. The summed E-state index contributed by atoms with van der Waals surface area (Å²) in [4.78, 5) is 11.8. The maximum atomic E-state index is 12.7. The van der Waals surface area contributed by atoms with Crippen molar-refractivity contribution in [3.8, 4) is 0 Å². The second kappa shape index (κ2) is 7.10. The van der Waals surface area contributed by atoms with Gasteiger partial charge in [-0.15, -0.1) is 0 Å². The topological polar surface area (TPSA) is 41.1 Å². The van der Waals surface area contributed by atoms with Crippen LogP contribution in [0, 0.1) is 0 Å². The molecule has 0 saturated heterocycles. The Labute approximate surface area is 140 Å². The molecule has 122 valence electrons. The van der Waals surface area contributed by atoms with Gasteiger partial charge in [0.25, 0.3) is 0 Å². The number of benzene rings is 2. The van der Waals surface area contributed by atoms with E-state index < -0.39 is 22.7 Å². The van der Waals surface area contributed by atoms with E-state index in [9.17, 15) is 18.0 Å². The van der Waals surface area contributed by atoms with Crippen molar-refractivity contribution in [2.45, 2.75) is 6.18 Å². The maximum absolute atomic E-state index is 12.7. The molecule has 0 unspecified atom stereocenters. The molecule has 2 aromatic rings. The lowest BCUT2D eigenvalue weighted by Crippen LogP contribution is -2.22. The molecule has 8 heteroatoms. The van der Waals surface area contributed by atoms with E-state index in [1.54, 1.807) is 24.3 Å². The van der Waals surface area contributed by atoms with Crippen LogP contribution in [0.5, 0.6) is 0 Å². The molecule has 0 radical (unpaired) electrons. The van der Waals surface area contributed by atoms with Gasteiger partial charge in [0.1, 0.15) is 0 Å². The summed E-state index contributed by atoms with van der Waals surface area (Å²) in [6, 6.07) is 9.85. The highest BCUT2D eigenvalue weighted by Gasteiger charge is 2.33. The molecule has 23 heavy (non-hydrogen) atoms. The first kappa shape index (κ1) is 17.4. The van der Waals surface area contributed by atoms with Crippen molar-refractivity contribution in [3.63, 3.8) is 0 Å². The van der Waals surface area contributed by atoms with E-state index in [0.717, 1.165) is 12.1 Å². The fourth-order valence-electron chi connectivity index (χ4n) is 1.78. The maximum Gasteiger partial charge on any atom is 0.417 e. The standard InChI is InChI=1S/C15H11Cl2F3N2O/c16-9-1-3-10(4-2-9)21-8-14(23)22-11-5-6-13(17)12(7-11)15(18,19)20/h1-7,21H,8H2,(H,22,23).